The number of carbonyl (C=O) groups excluding carboxylic acids is 1. The van der Waals surface area contributed by atoms with Crippen molar-refractivity contribution >= 4 is 17.3 Å². The fourth-order valence-corrected chi connectivity index (χ4v) is 1.99. The summed E-state index contributed by atoms with van der Waals surface area (Å²) in [7, 11) is 0. The molecule has 2 aromatic carbocycles. The van der Waals surface area contributed by atoms with Gasteiger partial charge in [0.25, 0.3) is 5.91 Å². The number of aryl methyl sites for hydroxylation is 2. The number of phenols is 1. The van der Waals surface area contributed by atoms with Crippen molar-refractivity contribution in [2.24, 2.45) is 0 Å². The summed E-state index contributed by atoms with van der Waals surface area (Å²) in [6.45, 7) is 3.80. The highest BCUT2D eigenvalue weighted by atomic mass is 16.3. The summed E-state index contributed by atoms with van der Waals surface area (Å²) in [6, 6.07) is 9.76. The zero-order valence-corrected chi connectivity index (χ0v) is 10.9. The van der Waals surface area contributed by atoms with Gasteiger partial charge in [0.05, 0.1) is 0 Å². The number of nitrogens with two attached hydrogens (primary N) is 1. The number of hydrogen-bond donors (Lipinski definition) is 3. The Balaban J connectivity index is 2.26. The van der Waals surface area contributed by atoms with Gasteiger partial charge in [-0.1, -0.05) is 0 Å². The molecular weight excluding hydrogens is 240 g/mol. The van der Waals surface area contributed by atoms with Gasteiger partial charge in [-0.3, -0.25) is 4.79 Å². The maximum absolute atomic E-state index is 12.1. The smallest absolute Gasteiger partial charge is 0.255 e. The van der Waals surface area contributed by atoms with Crippen molar-refractivity contribution in [2.45, 2.75) is 13.8 Å². The predicted molar refractivity (Wildman–Crippen MR) is 76.4 cm³/mol. The molecule has 0 aromatic heterocycles. The zero-order valence-electron chi connectivity index (χ0n) is 10.9. The average Bonchev–Trinajstić information content (AvgIpc) is 2.34. The molecular formula is C15H16N2O2. The van der Waals surface area contributed by atoms with Gasteiger partial charge >= 0.3 is 0 Å². The molecule has 0 heterocycles. The highest BCUT2D eigenvalue weighted by Gasteiger charge is 2.10. The van der Waals surface area contributed by atoms with Gasteiger partial charge in [-0.15, -0.1) is 0 Å². The summed E-state index contributed by atoms with van der Waals surface area (Å²) >= 11 is 0. The minimum absolute atomic E-state index is 0.136. The van der Waals surface area contributed by atoms with E-state index >= 15 is 0 Å². The molecule has 4 heteroatoms. The molecule has 0 aliphatic rings. The van der Waals surface area contributed by atoms with E-state index in [1.807, 2.05) is 26.0 Å². The lowest BCUT2D eigenvalue weighted by molar-refractivity contribution is 0.102. The van der Waals surface area contributed by atoms with Crippen molar-refractivity contribution in [3.63, 3.8) is 0 Å². The van der Waals surface area contributed by atoms with Gasteiger partial charge in [-0.2, -0.15) is 0 Å². The normalized spacial score (nSPS) is 10.2. The molecule has 0 atom stereocenters. The predicted octanol–water partition coefficient (Wildman–Crippen LogP) is 2.84. The van der Waals surface area contributed by atoms with Gasteiger partial charge in [0.2, 0.25) is 0 Å². The summed E-state index contributed by atoms with van der Waals surface area (Å²) in [5.74, 6) is -0.0765. The Morgan fingerprint density at radius 1 is 1.11 bits per heavy atom. The van der Waals surface area contributed by atoms with E-state index in [4.69, 9.17) is 5.73 Å². The van der Waals surface area contributed by atoms with Crippen molar-refractivity contribution in [3.8, 4) is 5.75 Å². The summed E-state index contributed by atoms with van der Waals surface area (Å²) < 4.78 is 0. The molecule has 2 aromatic rings. The number of carbonyl (C=O) groups is 1. The molecule has 19 heavy (non-hydrogen) atoms. The summed E-state index contributed by atoms with van der Waals surface area (Å²) in [5, 5.41) is 12.1. The minimum Gasteiger partial charge on any atom is -0.508 e. The van der Waals surface area contributed by atoms with Crippen molar-refractivity contribution in [1.29, 1.82) is 0 Å². The van der Waals surface area contributed by atoms with E-state index in [1.54, 1.807) is 12.1 Å². The summed E-state index contributed by atoms with van der Waals surface area (Å²) in [6.07, 6.45) is 0. The minimum atomic E-state index is -0.212. The standard InChI is InChI=1S/C15H16N2O2/c1-9-7-12(16)8-10(2)14(9)17-15(19)11-3-5-13(18)6-4-11/h3-8,18H,16H2,1-2H3,(H,17,19). The first kappa shape index (κ1) is 13.0. The number of nitrogens with one attached hydrogen (secondary N) is 1. The zero-order chi connectivity index (χ0) is 14.0. The summed E-state index contributed by atoms with van der Waals surface area (Å²) in [4.78, 5) is 12.1. The quantitative estimate of drug-likeness (QED) is 0.723. The highest BCUT2D eigenvalue weighted by molar-refractivity contribution is 6.05. The highest BCUT2D eigenvalue weighted by Crippen LogP contribution is 2.24. The van der Waals surface area contributed by atoms with E-state index < -0.39 is 0 Å². The van der Waals surface area contributed by atoms with Crippen molar-refractivity contribution in [1.82, 2.24) is 0 Å². The molecule has 2 rings (SSSR count). The van der Waals surface area contributed by atoms with E-state index in [0.717, 1.165) is 16.8 Å². The van der Waals surface area contributed by atoms with E-state index in [2.05, 4.69) is 5.32 Å². The molecule has 0 bridgehead atoms. The number of amides is 1. The van der Waals surface area contributed by atoms with Crippen LogP contribution in [0.1, 0.15) is 21.5 Å². The second-order valence-electron chi connectivity index (χ2n) is 4.53. The number of anilines is 2. The topological polar surface area (TPSA) is 75.3 Å². The van der Waals surface area contributed by atoms with Gasteiger partial charge in [0.1, 0.15) is 5.75 Å². The van der Waals surface area contributed by atoms with Gasteiger partial charge < -0.3 is 16.2 Å². The molecule has 0 radical (unpaired) electrons. The Morgan fingerprint density at radius 2 is 1.63 bits per heavy atom. The van der Waals surface area contributed by atoms with Crippen LogP contribution in [0.25, 0.3) is 0 Å². The summed E-state index contributed by atoms with van der Waals surface area (Å²) in [5.41, 5.74) is 9.53. The number of nitrogen functional groups attached to an aromatic ring is 1. The van der Waals surface area contributed by atoms with E-state index in [1.165, 1.54) is 12.1 Å². The Hall–Kier alpha value is -2.49. The number of rotatable bonds is 2. The lowest BCUT2D eigenvalue weighted by atomic mass is 10.1. The van der Waals surface area contributed by atoms with Crippen LogP contribution in [-0.4, -0.2) is 11.0 Å². The largest absolute Gasteiger partial charge is 0.508 e. The second-order valence-corrected chi connectivity index (χ2v) is 4.53. The van der Waals surface area contributed by atoms with Crippen LogP contribution in [-0.2, 0) is 0 Å². The second kappa shape index (κ2) is 5.02. The van der Waals surface area contributed by atoms with Crippen molar-refractivity contribution < 1.29 is 9.90 Å². The number of hydrogen-bond acceptors (Lipinski definition) is 3. The third-order valence-electron chi connectivity index (χ3n) is 2.92. The van der Waals surface area contributed by atoms with Gasteiger partial charge in [0, 0.05) is 16.9 Å². The first-order valence-electron chi connectivity index (χ1n) is 5.94. The molecule has 0 unspecified atom stereocenters. The molecule has 0 fully saturated rings. The van der Waals surface area contributed by atoms with Crippen LogP contribution in [0.15, 0.2) is 36.4 Å². The third kappa shape index (κ3) is 2.85. The molecule has 1 amide bonds. The van der Waals surface area contributed by atoms with Gasteiger partial charge in [-0.05, 0) is 61.4 Å². The van der Waals surface area contributed by atoms with Crippen LogP contribution in [0.2, 0.25) is 0 Å². The Bertz CT molecular complexity index is 596. The monoisotopic (exact) mass is 256 g/mol. The van der Waals surface area contributed by atoms with Crippen LogP contribution < -0.4 is 11.1 Å². The van der Waals surface area contributed by atoms with Gasteiger partial charge in [0.15, 0.2) is 0 Å². The molecule has 4 N–H and O–H groups in total. The molecule has 0 saturated carbocycles. The molecule has 0 saturated heterocycles. The lowest BCUT2D eigenvalue weighted by Gasteiger charge is -2.12. The van der Waals surface area contributed by atoms with E-state index in [0.29, 0.717) is 11.3 Å². The van der Waals surface area contributed by atoms with Crippen molar-refractivity contribution in [2.75, 3.05) is 11.1 Å². The molecule has 4 nitrogen and oxygen atoms in total. The maximum Gasteiger partial charge on any atom is 0.255 e. The van der Waals surface area contributed by atoms with E-state index in [-0.39, 0.29) is 11.7 Å². The number of phenolic OH excluding ortho intramolecular Hbond substituents is 1. The van der Waals surface area contributed by atoms with Crippen LogP contribution in [0, 0.1) is 13.8 Å². The van der Waals surface area contributed by atoms with Crippen LogP contribution in [0.4, 0.5) is 11.4 Å². The maximum atomic E-state index is 12.1. The van der Waals surface area contributed by atoms with Gasteiger partial charge in [-0.25, -0.2) is 0 Å². The first-order chi connectivity index (χ1) is 8.97. The van der Waals surface area contributed by atoms with Crippen LogP contribution >= 0.6 is 0 Å². The molecule has 98 valence electrons. The number of aromatic hydroxyl groups is 1. The average molecular weight is 256 g/mol. The van der Waals surface area contributed by atoms with Crippen LogP contribution in [0.3, 0.4) is 0 Å². The molecule has 0 aliphatic carbocycles. The SMILES string of the molecule is Cc1cc(N)cc(C)c1NC(=O)c1ccc(O)cc1. The fraction of sp³-hybridized carbons (Fsp3) is 0.133. The Kier molecular flexibility index (Phi) is 3.42. The third-order valence-corrected chi connectivity index (χ3v) is 2.92. The Labute approximate surface area is 111 Å². The van der Waals surface area contributed by atoms with E-state index in [9.17, 15) is 9.90 Å². The first-order valence-corrected chi connectivity index (χ1v) is 5.94. The van der Waals surface area contributed by atoms with Crippen LogP contribution in [0.5, 0.6) is 5.75 Å². The lowest BCUT2D eigenvalue weighted by Crippen LogP contribution is -2.13. The number of benzene rings is 2. The molecule has 0 spiro atoms. The molecule has 0 aliphatic heterocycles. The Morgan fingerprint density at radius 3 is 2.16 bits per heavy atom. The van der Waals surface area contributed by atoms with Crippen molar-refractivity contribution in [3.05, 3.63) is 53.1 Å². The fourth-order valence-electron chi connectivity index (χ4n) is 1.99.